The fraction of sp³-hybridized carbons (Fsp3) is 0.583. The topological polar surface area (TPSA) is 119 Å². The van der Waals surface area contributed by atoms with Crippen molar-refractivity contribution < 1.29 is 9.84 Å². The van der Waals surface area contributed by atoms with Crippen LogP contribution in [0.1, 0.15) is 13.3 Å². The Balaban J connectivity index is 2.12. The summed E-state index contributed by atoms with van der Waals surface area (Å²) in [5.74, 6) is 0.121. The number of nitrogens with one attached hydrogen (secondary N) is 1. The molecule has 1 atom stereocenters. The van der Waals surface area contributed by atoms with Crippen LogP contribution < -0.4 is 11.3 Å². The molecule has 0 bridgehead atoms. The highest BCUT2D eigenvalue weighted by atomic mass is 16.5. The molecule has 1 unspecified atom stereocenters. The minimum absolute atomic E-state index is 0.0540. The number of rotatable bonds is 7. The molecule has 4 N–H and O–H groups in total. The number of nitrogens with zero attached hydrogens (tertiary/aromatic N) is 3. The Hall–Kier alpha value is -1.93. The van der Waals surface area contributed by atoms with E-state index in [9.17, 15) is 9.90 Å². The number of aliphatic hydroxyl groups is 1. The van der Waals surface area contributed by atoms with Crippen molar-refractivity contribution >= 4 is 17.1 Å². The van der Waals surface area contributed by atoms with E-state index in [1.165, 1.54) is 0 Å². The van der Waals surface area contributed by atoms with Crippen molar-refractivity contribution in [2.75, 3.05) is 25.6 Å². The van der Waals surface area contributed by atoms with Crippen molar-refractivity contribution in [2.45, 2.75) is 19.9 Å². The molecule has 20 heavy (non-hydrogen) atoms. The molecule has 2 aromatic heterocycles. The lowest BCUT2D eigenvalue weighted by Gasteiger charge is -2.14. The largest absolute Gasteiger partial charge is 0.396 e. The summed E-state index contributed by atoms with van der Waals surface area (Å²) in [7, 11) is 0. The van der Waals surface area contributed by atoms with Crippen LogP contribution in [0.4, 0.5) is 5.95 Å². The predicted octanol–water partition coefficient (Wildman–Crippen LogP) is -0.263. The Labute approximate surface area is 115 Å². The van der Waals surface area contributed by atoms with Crippen LogP contribution in [0.3, 0.4) is 0 Å². The summed E-state index contributed by atoms with van der Waals surface area (Å²) in [6.07, 6.45) is 2.28. The lowest BCUT2D eigenvalue weighted by molar-refractivity contribution is 0.0753. The number of hydrogen-bond donors (Lipinski definition) is 3. The van der Waals surface area contributed by atoms with Gasteiger partial charge in [-0.05, 0) is 13.3 Å². The Kier molecular flexibility index (Phi) is 4.70. The maximum absolute atomic E-state index is 11.6. The second kappa shape index (κ2) is 6.49. The van der Waals surface area contributed by atoms with Gasteiger partial charge in [0.05, 0.1) is 12.9 Å². The van der Waals surface area contributed by atoms with E-state index < -0.39 is 5.56 Å². The first-order valence-corrected chi connectivity index (χ1v) is 6.55. The van der Waals surface area contributed by atoms with E-state index >= 15 is 0 Å². The summed E-state index contributed by atoms with van der Waals surface area (Å²) in [5.41, 5.74) is 5.91. The molecule has 8 heteroatoms. The second-order valence-corrected chi connectivity index (χ2v) is 4.56. The number of H-pyrrole nitrogens is 1. The minimum Gasteiger partial charge on any atom is -0.396 e. The van der Waals surface area contributed by atoms with Crippen molar-refractivity contribution in [3.05, 3.63) is 16.7 Å². The van der Waals surface area contributed by atoms with Crippen molar-refractivity contribution in [1.29, 1.82) is 0 Å². The first kappa shape index (κ1) is 14.5. The Morgan fingerprint density at radius 3 is 3.10 bits per heavy atom. The van der Waals surface area contributed by atoms with Crippen molar-refractivity contribution in [1.82, 2.24) is 19.5 Å². The number of aromatic amines is 1. The van der Waals surface area contributed by atoms with Crippen LogP contribution in [0.2, 0.25) is 0 Å². The van der Waals surface area contributed by atoms with Crippen molar-refractivity contribution in [2.24, 2.45) is 5.92 Å². The zero-order valence-electron chi connectivity index (χ0n) is 11.4. The van der Waals surface area contributed by atoms with Crippen LogP contribution >= 0.6 is 0 Å². The molecule has 2 aromatic rings. The zero-order chi connectivity index (χ0) is 14.5. The Bertz CT molecular complexity index is 621. The van der Waals surface area contributed by atoms with Gasteiger partial charge >= 0.3 is 5.56 Å². The van der Waals surface area contributed by atoms with Crippen LogP contribution in [0.15, 0.2) is 11.1 Å². The van der Waals surface area contributed by atoms with Crippen LogP contribution in [0.25, 0.3) is 11.2 Å². The molecule has 0 fully saturated rings. The number of fused-ring (bicyclic) bond motifs is 1. The minimum atomic E-state index is -0.442. The predicted molar refractivity (Wildman–Crippen MR) is 74.2 cm³/mol. The summed E-state index contributed by atoms with van der Waals surface area (Å²) in [5, 5.41) is 9.29. The lowest BCUT2D eigenvalue weighted by atomic mass is 10.1. The second-order valence-electron chi connectivity index (χ2n) is 4.56. The maximum Gasteiger partial charge on any atom is 0.302 e. The van der Waals surface area contributed by atoms with Crippen LogP contribution in [0, 0.1) is 5.92 Å². The molecule has 110 valence electrons. The third-order valence-corrected chi connectivity index (χ3v) is 3.10. The number of anilines is 1. The highest BCUT2D eigenvalue weighted by molar-refractivity contribution is 5.70. The molecule has 0 aliphatic carbocycles. The average Bonchev–Trinajstić information content (AvgIpc) is 2.82. The first-order chi connectivity index (χ1) is 9.65. The summed E-state index contributed by atoms with van der Waals surface area (Å²) >= 11 is 0. The van der Waals surface area contributed by atoms with Gasteiger partial charge in [0.25, 0.3) is 0 Å². The van der Waals surface area contributed by atoms with Crippen molar-refractivity contribution in [3.63, 3.8) is 0 Å². The molecule has 0 aliphatic rings. The van der Waals surface area contributed by atoms with E-state index in [4.69, 9.17) is 10.5 Å². The van der Waals surface area contributed by atoms with E-state index in [2.05, 4.69) is 15.0 Å². The standard InChI is InChI=1S/C12H19N5O3/c1-2-20-6-8(5-18)3-4-17-7-14-9-10(17)15-12(13)16-11(9)19/h7-8,18H,2-6H2,1H3,(H3,13,15,16,19). The van der Waals surface area contributed by atoms with Gasteiger partial charge in [0.1, 0.15) is 5.65 Å². The summed E-state index contributed by atoms with van der Waals surface area (Å²) in [6, 6.07) is 0. The molecule has 2 heterocycles. The van der Waals surface area contributed by atoms with E-state index in [0.717, 1.165) is 0 Å². The number of hydrogen-bond acceptors (Lipinski definition) is 6. The van der Waals surface area contributed by atoms with E-state index in [1.807, 2.05) is 6.92 Å². The molecule has 0 saturated carbocycles. The third kappa shape index (κ3) is 3.14. The molecular formula is C12H19N5O3. The van der Waals surface area contributed by atoms with E-state index in [1.54, 1.807) is 10.9 Å². The molecule has 0 amide bonds. The SMILES string of the molecule is CCOCC(CO)CCn1cnc2c(=O)nc(N)[nH]c21. The van der Waals surface area contributed by atoms with Gasteiger partial charge in [-0.3, -0.25) is 4.79 Å². The summed E-state index contributed by atoms with van der Waals surface area (Å²) in [4.78, 5) is 22.1. The lowest BCUT2D eigenvalue weighted by Crippen LogP contribution is -2.17. The third-order valence-electron chi connectivity index (χ3n) is 3.10. The molecule has 0 aliphatic heterocycles. The molecule has 0 aromatic carbocycles. The Morgan fingerprint density at radius 2 is 2.40 bits per heavy atom. The molecule has 2 rings (SSSR count). The number of aromatic nitrogens is 4. The van der Waals surface area contributed by atoms with Gasteiger partial charge in [-0.25, -0.2) is 4.98 Å². The number of imidazole rings is 1. The van der Waals surface area contributed by atoms with Crippen LogP contribution in [-0.4, -0.2) is 44.4 Å². The number of aryl methyl sites for hydroxylation is 1. The number of nitrogen functional groups attached to an aromatic ring is 1. The molecule has 0 radical (unpaired) electrons. The Morgan fingerprint density at radius 1 is 1.60 bits per heavy atom. The maximum atomic E-state index is 11.6. The van der Waals surface area contributed by atoms with Crippen molar-refractivity contribution in [3.8, 4) is 0 Å². The molecule has 0 saturated heterocycles. The quantitative estimate of drug-likeness (QED) is 0.643. The first-order valence-electron chi connectivity index (χ1n) is 6.55. The number of ether oxygens (including phenoxy) is 1. The summed E-state index contributed by atoms with van der Waals surface area (Å²) in [6.45, 7) is 3.72. The molecule has 8 nitrogen and oxygen atoms in total. The van der Waals surface area contributed by atoms with E-state index in [-0.39, 0.29) is 24.0 Å². The van der Waals surface area contributed by atoms with Gasteiger partial charge in [0.2, 0.25) is 5.95 Å². The van der Waals surface area contributed by atoms with Gasteiger partial charge in [0, 0.05) is 25.7 Å². The normalized spacial score (nSPS) is 12.9. The average molecular weight is 281 g/mol. The van der Waals surface area contributed by atoms with Gasteiger partial charge < -0.3 is 25.1 Å². The van der Waals surface area contributed by atoms with Gasteiger partial charge in [-0.15, -0.1) is 0 Å². The van der Waals surface area contributed by atoms with Gasteiger partial charge in [-0.2, -0.15) is 4.98 Å². The molecule has 0 spiro atoms. The van der Waals surface area contributed by atoms with Crippen LogP contribution in [-0.2, 0) is 11.3 Å². The zero-order valence-corrected chi connectivity index (χ0v) is 11.4. The highest BCUT2D eigenvalue weighted by Crippen LogP contribution is 2.10. The van der Waals surface area contributed by atoms with E-state index in [0.29, 0.717) is 31.8 Å². The highest BCUT2D eigenvalue weighted by Gasteiger charge is 2.12. The summed E-state index contributed by atoms with van der Waals surface area (Å²) < 4.78 is 7.10. The fourth-order valence-corrected chi connectivity index (χ4v) is 1.98. The number of nitrogens with two attached hydrogens (primary N) is 1. The van der Waals surface area contributed by atoms with Gasteiger partial charge in [0.15, 0.2) is 5.52 Å². The monoisotopic (exact) mass is 281 g/mol. The smallest absolute Gasteiger partial charge is 0.302 e. The van der Waals surface area contributed by atoms with Crippen LogP contribution in [0.5, 0.6) is 0 Å². The molecular weight excluding hydrogens is 262 g/mol. The fourth-order valence-electron chi connectivity index (χ4n) is 1.98. The number of aliphatic hydroxyl groups excluding tert-OH is 1. The van der Waals surface area contributed by atoms with Gasteiger partial charge in [-0.1, -0.05) is 0 Å².